The largest absolute Gasteiger partial charge is 0.316 e. The van der Waals surface area contributed by atoms with Gasteiger partial charge in [-0.2, -0.15) is 11.8 Å². The molecule has 90 valence electrons. The third kappa shape index (κ3) is 5.04. The number of hydrogen-bond acceptors (Lipinski definition) is 2. The fourth-order valence-electron chi connectivity index (χ4n) is 1.79. The van der Waals surface area contributed by atoms with Gasteiger partial charge in [0, 0.05) is 6.54 Å². The van der Waals surface area contributed by atoms with Gasteiger partial charge in [-0.3, -0.25) is 0 Å². The van der Waals surface area contributed by atoms with Gasteiger partial charge in [0.05, 0.1) is 0 Å². The van der Waals surface area contributed by atoms with Gasteiger partial charge < -0.3 is 5.32 Å². The number of benzene rings is 1. The Morgan fingerprint density at radius 1 is 1.12 bits per heavy atom. The average Bonchev–Trinajstić information content (AvgIpc) is 2.30. The molecular formula is C14H23NS. The number of hydrogen-bond donors (Lipinski definition) is 1. The van der Waals surface area contributed by atoms with E-state index in [0.29, 0.717) is 5.92 Å². The molecule has 0 aromatic heterocycles. The minimum Gasteiger partial charge on any atom is -0.316 e. The Kier molecular flexibility index (Phi) is 6.58. The Morgan fingerprint density at radius 2 is 1.81 bits per heavy atom. The maximum atomic E-state index is 3.55. The SMILES string of the molecule is CSCC(C)CNCC(C)c1ccccc1. The summed E-state index contributed by atoms with van der Waals surface area (Å²) >= 11 is 1.92. The summed E-state index contributed by atoms with van der Waals surface area (Å²) in [5.41, 5.74) is 1.42. The topological polar surface area (TPSA) is 12.0 Å². The highest BCUT2D eigenvalue weighted by Crippen LogP contribution is 2.13. The van der Waals surface area contributed by atoms with Crippen molar-refractivity contribution < 1.29 is 0 Å². The zero-order valence-electron chi connectivity index (χ0n) is 10.6. The summed E-state index contributed by atoms with van der Waals surface area (Å²) in [6.45, 7) is 6.78. The minimum atomic E-state index is 0.600. The van der Waals surface area contributed by atoms with E-state index in [-0.39, 0.29) is 0 Å². The first-order valence-corrected chi connectivity index (χ1v) is 7.38. The van der Waals surface area contributed by atoms with E-state index >= 15 is 0 Å². The molecule has 2 unspecified atom stereocenters. The smallest absolute Gasteiger partial charge is 0.00176 e. The molecule has 1 aromatic rings. The van der Waals surface area contributed by atoms with Crippen molar-refractivity contribution in [2.45, 2.75) is 19.8 Å². The molecule has 1 N–H and O–H groups in total. The molecule has 0 saturated heterocycles. The highest BCUT2D eigenvalue weighted by Gasteiger charge is 2.05. The monoisotopic (exact) mass is 237 g/mol. The Morgan fingerprint density at radius 3 is 2.44 bits per heavy atom. The molecule has 0 saturated carbocycles. The van der Waals surface area contributed by atoms with Gasteiger partial charge in [-0.15, -0.1) is 0 Å². The fourth-order valence-corrected chi connectivity index (χ4v) is 2.48. The van der Waals surface area contributed by atoms with Crippen LogP contribution in [0.2, 0.25) is 0 Å². The van der Waals surface area contributed by atoms with Crippen molar-refractivity contribution in [1.29, 1.82) is 0 Å². The van der Waals surface area contributed by atoms with Gasteiger partial charge >= 0.3 is 0 Å². The normalized spacial score (nSPS) is 14.7. The van der Waals surface area contributed by atoms with Gasteiger partial charge in [0.1, 0.15) is 0 Å². The number of thioether (sulfide) groups is 1. The molecule has 0 aliphatic rings. The van der Waals surface area contributed by atoms with E-state index in [0.717, 1.165) is 19.0 Å². The standard InChI is InChI=1S/C14H23NS/c1-12(11-16-3)9-15-10-13(2)14-7-5-4-6-8-14/h4-8,12-13,15H,9-11H2,1-3H3. The number of nitrogens with one attached hydrogen (secondary N) is 1. The molecule has 1 rings (SSSR count). The molecule has 16 heavy (non-hydrogen) atoms. The maximum Gasteiger partial charge on any atom is 0.00176 e. The lowest BCUT2D eigenvalue weighted by Crippen LogP contribution is -2.26. The van der Waals surface area contributed by atoms with Gasteiger partial charge in [0.15, 0.2) is 0 Å². The minimum absolute atomic E-state index is 0.600. The third-order valence-electron chi connectivity index (χ3n) is 2.76. The predicted molar refractivity (Wildman–Crippen MR) is 75.3 cm³/mol. The van der Waals surface area contributed by atoms with Crippen LogP contribution in [0.5, 0.6) is 0 Å². The highest BCUT2D eigenvalue weighted by molar-refractivity contribution is 7.98. The van der Waals surface area contributed by atoms with Crippen molar-refractivity contribution in [3.8, 4) is 0 Å². The fraction of sp³-hybridized carbons (Fsp3) is 0.571. The van der Waals surface area contributed by atoms with Gasteiger partial charge in [0.25, 0.3) is 0 Å². The van der Waals surface area contributed by atoms with Gasteiger partial charge in [-0.25, -0.2) is 0 Å². The molecule has 0 spiro atoms. The van der Waals surface area contributed by atoms with Crippen LogP contribution in [0, 0.1) is 5.92 Å². The van der Waals surface area contributed by atoms with Crippen molar-refractivity contribution in [3.05, 3.63) is 35.9 Å². The molecule has 2 heteroatoms. The van der Waals surface area contributed by atoms with E-state index in [1.807, 2.05) is 11.8 Å². The first-order chi connectivity index (χ1) is 7.74. The van der Waals surface area contributed by atoms with Crippen LogP contribution in [0.1, 0.15) is 25.3 Å². The molecule has 0 aliphatic heterocycles. The Hall–Kier alpha value is -0.470. The molecule has 0 amide bonds. The Bertz CT molecular complexity index is 273. The molecule has 0 radical (unpaired) electrons. The summed E-state index contributed by atoms with van der Waals surface area (Å²) < 4.78 is 0. The first kappa shape index (κ1) is 13.6. The molecule has 0 heterocycles. The summed E-state index contributed by atoms with van der Waals surface area (Å²) in [4.78, 5) is 0. The van der Waals surface area contributed by atoms with Crippen molar-refractivity contribution >= 4 is 11.8 Å². The van der Waals surface area contributed by atoms with Crippen LogP contribution in [0.15, 0.2) is 30.3 Å². The second-order valence-corrected chi connectivity index (χ2v) is 5.44. The van der Waals surface area contributed by atoms with Crippen LogP contribution in [0.25, 0.3) is 0 Å². The average molecular weight is 237 g/mol. The lowest BCUT2D eigenvalue weighted by molar-refractivity contribution is 0.534. The molecule has 1 nitrogen and oxygen atoms in total. The van der Waals surface area contributed by atoms with E-state index in [4.69, 9.17) is 0 Å². The lowest BCUT2D eigenvalue weighted by Gasteiger charge is -2.15. The molecule has 1 aromatic carbocycles. The summed E-state index contributed by atoms with van der Waals surface area (Å²) in [6, 6.07) is 10.7. The molecule has 2 atom stereocenters. The van der Waals surface area contributed by atoms with Crippen molar-refractivity contribution in [1.82, 2.24) is 5.32 Å². The van der Waals surface area contributed by atoms with Crippen LogP contribution in [0.3, 0.4) is 0 Å². The Balaban J connectivity index is 2.23. The Labute approximate surface area is 104 Å². The molecule has 0 fully saturated rings. The predicted octanol–water partition coefficient (Wildman–Crippen LogP) is 3.38. The van der Waals surface area contributed by atoms with E-state index in [1.165, 1.54) is 11.3 Å². The summed E-state index contributed by atoms with van der Waals surface area (Å²) in [7, 11) is 0. The lowest BCUT2D eigenvalue weighted by atomic mass is 10.0. The second kappa shape index (κ2) is 7.75. The summed E-state index contributed by atoms with van der Waals surface area (Å²) in [5.74, 6) is 2.60. The first-order valence-electron chi connectivity index (χ1n) is 5.98. The van der Waals surface area contributed by atoms with Crippen LogP contribution in [0.4, 0.5) is 0 Å². The van der Waals surface area contributed by atoms with E-state index in [9.17, 15) is 0 Å². The van der Waals surface area contributed by atoms with E-state index < -0.39 is 0 Å². The van der Waals surface area contributed by atoms with Gasteiger partial charge in [0.2, 0.25) is 0 Å². The zero-order valence-corrected chi connectivity index (χ0v) is 11.4. The van der Waals surface area contributed by atoms with E-state index in [1.54, 1.807) is 0 Å². The van der Waals surface area contributed by atoms with Gasteiger partial charge in [-0.1, -0.05) is 44.2 Å². The van der Waals surface area contributed by atoms with Crippen LogP contribution in [-0.2, 0) is 0 Å². The van der Waals surface area contributed by atoms with Gasteiger partial charge in [-0.05, 0) is 36.0 Å². The van der Waals surface area contributed by atoms with Crippen LogP contribution < -0.4 is 5.32 Å². The van der Waals surface area contributed by atoms with Crippen LogP contribution in [-0.4, -0.2) is 25.1 Å². The third-order valence-corrected chi connectivity index (χ3v) is 3.67. The number of rotatable bonds is 7. The van der Waals surface area contributed by atoms with Crippen molar-refractivity contribution in [2.75, 3.05) is 25.1 Å². The second-order valence-electron chi connectivity index (χ2n) is 4.53. The zero-order chi connectivity index (χ0) is 11.8. The summed E-state index contributed by atoms with van der Waals surface area (Å²) in [6.07, 6.45) is 2.17. The van der Waals surface area contributed by atoms with Crippen molar-refractivity contribution in [3.63, 3.8) is 0 Å². The maximum absolute atomic E-state index is 3.55. The highest BCUT2D eigenvalue weighted by atomic mass is 32.2. The molecular weight excluding hydrogens is 214 g/mol. The molecule has 0 aliphatic carbocycles. The quantitative estimate of drug-likeness (QED) is 0.780. The van der Waals surface area contributed by atoms with Crippen LogP contribution >= 0.6 is 11.8 Å². The van der Waals surface area contributed by atoms with E-state index in [2.05, 4.69) is 55.8 Å². The molecule has 0 bridgehead atoms. The summed E-state index contributed by atoms with van der Waals surface area (Å²) in [5, 5.41) is 3.55. The van der Waals surface area contributed by atoms with Crippen molar-refractivity contribution in [2.24, 2.45) is 5.92 Å².